The number of carbonyl (C=O) groups excluding carboxylic acids is 2. The Morgan fingerprint density at radius 3 is 2.52 bits per heavy atom. The Balaban J connectivity index is 1.70. The molecule has 1 aromatic heterocycles. The van der Waals surface area contributed by atoms with E-state index in [0.717, 1.165) is 34.6 Å². The van der Waals surface area contributed by atoms with Crippen molar-refractivity contribution in [1.29, 1.82) is 0 Å². The van der Waals surface area contributed by atoms with Gasteiger partial charge in [0.05, 0.1) is 12.7 Å². The van der Waals surface area contributed by atoms with Crippen molar-refractivity contribution in [2.75, 3.05) is 17.7 Å². The predicted octanol–water partition coefficient (Wildman–Crippen LogP) is 4.53. The summed E-state index contributed by atoms with van der Waals surface area (Å²) in [6.07, 6.45) is 5.43. The number of amides is 1. The van der Waals surface area contributed by atoms with Crippen LogP contribution in [-0.2, 0) is 16.0 Å². The predicted molar refractivity (Wildman–Crippen MR) is 121 cm³/mol. The zero-order chi connectivity index (χ0) is 22.2. The molecular formula is C24H24N4O3. The van der Waals surface area contributed by atoms with E-state index in [-0.39, 0.29) is 5.91 Å². The van der Waals surface area contributed by atoms with Crippen molar-refractivity contribution in [1.82, 2.24) is 9.97 Å². The molecule has 7 nitrogen and oxygen atoms in total. The second-order valence-corrected chi connectivity index (χ2v) is 6.83. The molecule has 0 bridgehead atoms. The minimum atomic E-state index is -0.397. The van der Waals surface area contributed by atoms with E-state index >= 15 is 0 Å². The minimum Gasteiger partial charge on any atom is -0.465 e. The van der Waals surface area contributed by atoms with Gasteiger partial charge in [-0.2, -0.15) is 0 Å². The molecule has 3 aromatic rings. The van der Waals surface area contributed by atoms with Gasteiger partial charge in [-0.25, -0.2) is 14.8 Å². The van der Waals surface area contributed by atoms with Gasteiger partial charge in [-0.3, -0.25) is 4.79 Å². The molecule has 0 unspecified atom stereocenters. The highest BCUT2D eigenvalue weighted by Crippen LogP contribution is 2.24. The highest BCUT2D eigenvalue weighted by atomic mass is 16.5. The number of hydrogen-bond acceptors (Lipinski definition) is 6. The van der Waals surface area contributed by atoms with Crippen molar-refractivity contribution in [3.63, 3.8) is 0 Å². The molecule has 0 atom stereocenters. The second-order valence-electron chi connectivity index (χ2n) is 6.83. The van der Waals surface area contributed by atoms with Crippen LogP contribution in [0.4, 0.5) is 17.2 Å². The van der Waals surface area contributed by atoms with Crippen LogP contribution in [0.1, 0.15) is 34.1 Å². The molecular weight excluding hydrogens is 392 g/mol. The number of esters is 1. The van der Waals surface area contributed by atoms with Gasteiger partial charge in [-0.05, 0) is 54.8 Å². The highest BCUT2D eigenvalue weighted by molar-refractivity contribution is 6.02. The average Bonchev–Trinajstić information content (AvgIpc) is 2.78. The fourth-order valence-electron chi connectivity index (χ4n) is 2.94. The third-order valence-corrected chi connectivity index (χ3v) is 4.58. The van der Waals surface area contributed by atoms with E-state index in [1.54, 1.807) is 30.3 Å². The van der Waals surface area contributed by atoms with Gasteiger partial charge in [0, 0.05) is 29.2 Å². The lowest BCUT2D eigenvalue weighted by Gasteiger charge is -2.12. The molecule has 1 heterocycles. The number of nitrogens with zero attached hydrogens (tertiary/aromatic N) is 2. The Hall–Kier alpha value is -4.00. The smallest absolute Gasteiger partial charge is 0.337 e. The first-order valence-electron chi connectivity index (χ1n) is 9.84. The Labute approximate surface area is 181 Å². The number of rotatable bonds is 7. The number of hydrogen-bond donors (Lipinski definition) is 2. The molecule has 0 radical (unpaired) electrons. The molecule has 158 valence electrons. The van der Waals surface area contributed by atoms with E-state index in [4.69, 9.17) is 0 Å². The number of methoxy groups -OCH3 is 1. The topological polar surface area (TPSA) is 93.2 Å². The Morgan fingerprint density at radius 2 is 1.84 bits per heavy atom. The first kappa shape index (κ1) is 21.7. The summed E-state index contributed by atoms with van der Waals surface area (Å²) in [6.45, 7) is 3.93. The van der Waals surface area contributed by atoms with Gasteiger partial charge < -0.3 is 15.4 Å². The van der Waals surface area contributed by atoms with Crippen molar-refractivity contribution < 1.29 is 14.3 Å². The lowest BCUT2D eigenvalue weighted by Crippen LogP contribution is -2.10. The molecule has 3 rings (SSSR count). The van der Waals surface area contributed by atoms with Crippen LogP contribution in [-0.4, -0.2) is 29.0 Å². The third-order valence-electron chi connectivity index (χ3n) is 4.58. The highest BCUT2D eigenvalue weighted by Gasteiger charge is 2.07. The molecule has 1 amide bonds. The average molecular weight is 416 g/mol. The van der Waals surface area contributed by atoms with Crippen LogP contribution in [0.5, 0.6) is 0 Å². The van der Waals surface area contributed by atoms with Crippen molar-refractivity contribution in [3.05, 3.63) is 83.3 Å². The van der Waals surface area contributed by atoms with Crippen LogP contribution >= 0.6 is 0 Å². The standard InChI is InChI=1S/C24H24N4O3/c1-4-18-10-11-20(27-22-13-16(2)25-15-26-22)14-21(18)28-23(29)12-7-17-5-8-19(9-6-17)24(30)31-3/h5-15H,4H2,1-3H3,(H,28,29)(H,25,26,27)/b12-7+. The summed E-state index contributed by atoms with van der Waals surface area (Å²) in [4.78, 5) is 32.3. The summed E-state index contributed by atoms with van der Waals surface area (Å²) >= 11 is 0. The van der Waals surface area contributed by atoms with Crippen LogP contribution in [0.3, 0.4) is 0 Å². The van der Waals surface area contributed by atoms with Crippen molar-refractivity contribution in [2.24, 2.45) is 0 Å². The molecule has 2 N–H and O–H groups in total. The fourth-order valence-corrected chi connectivity index (χ4v) is 2.94. The molecule has 0 saturated heterocycles. The van der Waals surface area contributed by atoms with E-state index in [0.29, 0.717) is 11.4 Å². The van der Waals surface area contributed by atoms with Gasteiger partial charge >= 0.3 is 5.97 Å². The summed E-state index contributed by atoms with van der Waals surface area (Å²) in [5.74, 6) is 0.0390. The molecule has 31 heavy (non-hydrogen) atoms. The zero-order valence-electron chi connectivity index (χ0n) is 17.7. The molecule has 0 fully saturated rings. The van der Waals surface area contributed by atoms with Gasteiger partial charge in [-0.15, -0.1) is 0 Å². The van der Waals surface area contributed by atoms with Crippen LogP contribution in [0.15, 0.2) is 60.9 Å². The van der Waals surface area contributed by atoms with E-state index in [9.17, 15) is 9.59 Å². The van der Waals surface area contributed by atoms with E-state index in [1.807, 2.05) is 38.1 Å². The number of anilines is 3. The molecule has 0 spiro atoms. The number of benzene rings is 2. The first-order valence-corrected chi connectivity index (χ1v) is 9.84. The maximum Gasteiger partial charge on any atom is 0.337 e. The third kappa shape index (κ3) is 5.99. The van der Waals surface area contributed by atoms with Crippen LogP contribution < -0.4 is 10.6 Å². The molecule has 7 heteroatoms. The second kappa shape index (κ2) is 10.2. The first-order chi connectivity index (χ1) is 15.0. The lowest BCUT2D eigenvalue weighted by atomic mass is 10.1. The summed E-state index contributed by atoms with van der Waals surface area (Å²) in [5, 5.41) is 6.16. The maximum atomic E-state index is 12.5. The number of aryl methyl sites for hydroxylation is 2. The van der Waals surface area contributed by atoms with Crippen LogP contribution in [0.2, 0.25) is 0 Å². The summed E-state index contributed by atoms with van der Waals surface area (Å²) in [6, 6.07) is 14.5. The summed E-state index contributed by atoms with van der Waals surface area (Å²) in [5.41, 5.74) is 4.68. The van der Waals surface area contributed by atoms with Gasteiger partial charge in [-0.1, -0.05) is 25.1 Å². The normalized spacial score (nSPS) is 10.7. The van der Waals surface area contributed by atoms with E-state index < -0.39 is 5.97 Å². The Morgan fingerprint density at radius 1 is 1.06 bits per heavy atom. The number of aromatic nitrogens is 2. The van der Waals surface area contributed by atoms with E-state index in [2.05, 4.69) is 25.3 Å². The maximum absolute atomic E-state index is 12.5. The van der Waals surface area contributed by atoms with Gasteiger partial charge in [0.1, 0.15) is 12.1 Å². The quantitative estimate of drug-likeness (QED) is 0.434. The SMILES string of the molecule is CCc1ccc(Nc2cc(C)ncn2)cc1NC(=O)/C=C/c1ccc(C(=O)OC)cc1. The van der Waals surface area contributed by atoms with Gasteiger partial charge in [0.25, 0.3) is 0 Å². The fraction of sp³-hybridized carbons (Fsp3) is 0.167. The van der Waals surface area contributed by atoms with Gasteiger partial charge in [0.15, 0.2) is 0 Å². The summed E-state index contributed by atoms with van der Waals surface area (Å²) in [7, 11) is 1.34. The Kier molecular flexibility index (Phi) is 7.11. The molecule has 0 aliphatic heterocycles. The number of ether oxygens (including phenoxy) is 1. The lowest BCUT2D eigenvalue weighted by molar-refractivity contribution is -0.111. The largest absolute Gasteiger partial charge is 0.465 e. The molecule has 0 aliphatic rings. The monoisotopic (exact) mass is 416 g/mol. The van der Waals surface area contributed by atoms with Crippen molar-refractivity contribution >= 4 is 35.1 Å². The van der Waals surface area contributed by atoms with Crippen LogP contribution in [0, 0.1) is 6.92 Å². The van der Waals surface area contributed by atoms with Gasteiger partial charge in [0.2, 0.25) is 5.91 Å². The Bertz CT molecular complexity index is 1110. The number of nitrogens with one attached hydrogen (secondary N) is 2. The van der Waals surface area contributed by atoms with Crippen molar-refractivity contribution in [2.45, 2.75) is 20.3 Å². The number of carbonyl (C=O) groups is 2. The summed E-state index contributed by atoms with van der Waals surface area (Å²) < 4.78 is 4.68. The van der Waals surface area contributed by atoms with E-state index in [1.165, 1.54) is 19.5 Å². The molecule has 0 saturated carbocycles. The van der Waals surface area contributed by atoms with Crippen molar-refractivity contribution in [3.8, 4) is 0 Å². The molecule has 0 aliphatic carbocycles. The van der Waals surface area contributed by atoms with Crippen LogP contribution in [0.25, 0.3) is 6.08 Å². The zero-order valence-corrected chi connectivity index (χ0v) is 17.7. The molecule has 2 aromatic carbocycles. The minimum absolute atomic E-state index is 0.248.